The first kappa shape index (κ1) is 16.5. The normalized spacial score (nSPS) is 11.2. The Labute approximate surface area is 157 Å². The summed E-state index contributed by atoms with van der Waals surface area (Å²) in [5.74, 6) is 0.696. The van der Waals surface area contributed by atoms with Crippen molar-refractivity contribution in [3.05, 3.63) is 63.3 Å². The molecule has 4 rings (SSSR count). The number of hydrogen-bond donors (Lipinski definition) is 0. The first-order valence-corrected chi connectivity index (χ1v) is 10.6. The summed E-state index contributed by atoms with van der Waals surface area (Å²) >= 11 is 4.74. The van der Waals surface area contributed by atoms with Gasteiger partial charge in [0, 0.05) is 34.3 Å². The third kappa shape index (κ3) is 3.15. The lowest BCUT2D eigenvalue weighted by Gasteiger charge is -2.10. The van der Waals surface area contributed by atoms with Crippen molar-refractivity contribution in [2.24, 2.45) is 0 Å². The molecule has 4 nitrogen and oxygen atoms in total. The van der Waals surface area contributed by atoms with Crippen LogP contribution in [0.25, 0.3) is 20.7 Å². The van der Waals surface area contributed by atoms with Gasteiger partial charge in [-0.05, 0) is 30.5 Å². The molecule has 25 heavy (non-hydrogen) atoms. The van der Waals surface area contributed by atoms with Gasteiger partial charge in [-0.25, -0.2) is 4.98 Å². The Morgan fingerprint density at radius 1 is 1.20 bits per heavy atom. The van der Waals surface area contributed by atoms with Gasteiger partial charge in [0.25, 0.3) is 5.56 Å². The lowest BCUT2D eigenvalue weighted by atomic mass is 10.2. The highest BCUT2D eigenvalue weighted by atomic mass is 32.2. The smallest absolute Gasteiger partial charge is 0.263 e. The number of pyridine rings is 1. The molecule has 0 fully saturated rings. The van der Waals surface area contributed by atoms with Crippen molar-refractivity contribution in [1.29, 1.82) is 0 Å². The summed E-state index contributed by atoms with van der Waals surface area (Å²) in [5, 5.41) is 5.56. The van der Waals surface area contributed by atoms with Crippen LogP contribution in [0.2, 0.25) is 0 Å². The Bertz CT molecular complexity index is 1050. The molecule has 0 aliphatic carbocycles. The van der Waals surface area contributed by atoms with Crippen LogP contribution in [0, 0.1) is 0 Å². The Balaban J connectivity index is 1.77. The van der Waals surface area contributed by atoms with Crippen LogP contribution in [0.1, 0.15) is 12.6 Å². The molecule has 0 unspecified atom stereocenters. The number of aromatic nitrogens is 3. The maximum Gasteiger partial charge on any atom is 0.263 e. The number of thiophene rings is 2. The summed E-state index contributed by atoms with van der Waals surface area (Å²) in [6.07, 6.45) is 1.78. The fourth-order valence-corrected chi connectivity index (χ4v) is 5.41. The lowest BCUT2D eigenvalue weighted by Crippen LogP contribution is -2.22. The van der Waals surface area contributed by atoms with Gasteiger partial charge < -0.3 is 0 Å². The van der Waals surface area contributed by atoms with Gasteiger partial charge in [0.2, 0.25) is 0 Å². The van der Waals surface area contributed by atoms with Gasteiger partial charge in [-0.3, -0.25) is 14.3 Å². The highest BCUT2D eigenvalue weighted by Gasteiger charge is 2.17. The minimum Gasteiger partial charge on any atom is -0.287 e. The maximum absolute atomic E-state index is 13.1. The van der Waals surface area contributed by atoms with Crippen LogP contribution in [-0.2, 0) is 12.3 Å². The van der Waals surface area contributed by atoms with Gasteiger partial charge in [0.1, 0.15) is 4.83 Å². The second kappa shape index (κ2) is 7.11. The lowest BCUT2D eigenvalue weighted by molar-refractivity contribution is 0.635. The zero-order chi connectivity index (χ0) is 17.2. The molecule has 0 radical (unpaired) electrons. The number of fused-ring (bicyclic) bond motifs is 1. The Kier molecular flexibility index (Phi) is 4.70. The van der Waals surface area contributed by atoms with Gasteiger partial charge in [-0.15, -0.1) is 22.7 Å². The van der Waals surface area contributed by atoms with Crippen LogP contribution in [0.5, 0.6) is 0 Å². The first-order valence-electron chi connectivity index (χ1n) is 7.86. The molecule has 126 valence electrons. The summed E-state index contributed by atoms with van der Waals surface area (Å²) in [4.78, 5) is 24.1. The van der Waals surface area contributed by atoms with E-state index in [2.05, 4.69) is 4.98 Å². The van der Waals surface area contributed by atoms with Gasteiger partial charge in [0.15, 0.2) is 5.16 Å². The van der Waals surface area contributed by atoms with E-state index in [0.29, 0.717) is 12.3 Å². The van der Waals surface area contributed by atoms with E-state index in [0.717, 1.165) is 31.5 Å². The molecular formula is C18H15N3OS3. The minimum absolute atomic E-state index is 0.0423. The highest BCUT2D eigenvalue weighted by molar-refractivity contribution is 7.98. The molecule has 0 bridgehead atoms. The molecule has 0 saturated heterocycles. The summed E-state index contributed by atoms with van der Waals surface area (Å²) in [6.45, 7) is 2.59. The van der Waals surface area contributed by atoms with Crippen molar-refractivity contribution in [3.63, 3.8) is 0 Å². The molecule has 0 aromatic carbocycles. The van der Waals surface area contributed by atoms with Crippen LogP contribution < -0.4 is 5.56 Å². The van der Waals surface area contributed by atoms with Crippen LogP contribution in [-0.4, -0.2) is 14.5 Å². The minimum atomic E-state index is 0.0423. The summed E-state index contributed by atoms with van der Waals surface area (Å²) in [6, 6.07) is 9.91. The summed E-state index contributed by atoms with van der Waals surface area (Å²) < 4.78 is 1.76. The van der Waals surface area contributed by atoms with Gasteiger partial charge >= 0.3 is 0 Å². The van der Waals surface area contributed by atoms with E-state index in [-0.39, 0.29) is 5.56 Å². The topological polar surface area (TPSA) is 47.8 Å². The zero-order valence-electron chi connectivity index (χ0n) is 13.5. The fourth-order valence-electron chi connectivity index (χ4n) is 2.63. The average molecular weight is 386 g/mol. The van der Waals surface area contributed by atoms with Crippen molar-refractivity contribution in [1.82, 2.24) is 14.5 Å². The molecule has 4 aromatic rings. The fraction of sp³-hybridized carbons (Fsp3) is 0.167. The standard InChI is InChI=1S/C18H15N3OS3/c1-2-21-17(22)15-13(14-7-5-9-23-14)11-24-16(15)20-18(21)25-10-12-6-3-4-8-19-12/h3-9,11H,2,10H2,1H3. The van der Waals surface area contributed by atoms with E-state index in [1.54, 1.807) is 33.9 Å². The zero-order valence-corrected chi connectivity index (χ0v) is 16.0. The predicted molar refractivity (Wildman–Crippen MR) is 107 cm³/mol. The predicted octanol–water partition coefficient (Wildman–Crippen LogP) is 4.89. The van der Waals surface area contributed by atoms with Crippen molar-refractivity contribution >= 4 is 44.7 Å². The average Bonchev–Trinajstić information content (AvgIpc) is 3.30. The second-order valence-corrected chi connectivity index (χ2v) is 8.11. The Hall–Kier alpha value is -1.96. The largest absolute Gasteiger partial charge is 0.287 e. The summed E-state index contributed by atoms with van der Waals surface area (Å²) in [5.41, 5.74) is 2.02. The third-order valence-electron chi connectivity index (χ3n) is 3.84. The van der Waals surface area contributed by atoms with E-state index < -0.39 is 0 Å². The SMILES string of the molecule is CCn1c(SCc2ccccn2)nc2scc(-c3cccs3)c2c1=O. The van der Waals surface area contributed by atoms with E-state index in [1.165, 1.54) is 11.3 Å². The van der Waals surface area contributed by atoms with E-state index in [1.807, 2.05) is 48.0 Å². The maximum atomic E-state index is 13.1. The van der Waals surface area contributed by atoms with Gasteiger partial charge in [-0.1, -0.05) is 23.9 Å². The van der Waals surface area contributed by atoms with Crippen molar-refractivity contribution < 1.29 is 0 Å². The molecule has 0 saturated carbocycles. The molecule has 7 heteroatoms. The molecule has 0 atom stereocenters. The highest BCUT2D eigenvalue weighted by Crippen LogP contribution is 2.34. The number of thioether (sulfide) groups is 1. The van der Waals surface area contributed by atoms with Gasteiger partial charge in [-0.2, -0.15) is 0 Å². The summed E-state index contributed by atoms with van der Waals surface area (Å²) in [7, 11) is 0. The molecule has 0 spiro atoms. The number of hydrogen-bond acceptors (Lipinski definition) is 6. The van der Waals surface area contributed by atoms with E-state index >= 15 is 0 Å². The quantitative estimate of drug-likeness (QED) is 0.362. The Morgan fingerprint density at radius 3 is 2.84 bits per heavy atom. The molecule has 0 amide bonds. The Morgan fingerprint density at radius 2 is 2.12 bits per heavy atom. The van der Waals surface area contributed by atoms with Gasteiger partial charge in [0.05, 0.1) is 11.1 Å². The van der Waals surface area contributed by atoms with E-state index in [4.69, 9.17) is 4.98 Å². The van der Waals surface area contributed by atoms with Crippen LogP contribution >= 0.6 is 34.4 Å². The third-order valence-corrected chi connectivity index (χ3v) is 6.62. The molecule has 4 heterocycles. The van der Waals surface area contributed by atoms with E-state index in [9.17, 15) is 4.79 Å². The first-order chi connectivity index (χ1) is 12.3. The van der Waals surface area contributed by atoms with Crippen LogP contribution in [0.3, 0.4) is 0 Å². The van der Waals surface area contributed by atoms with Crippen LogP contribution in [0.15, 0.2) is 57.2 Å². The molecule has 0 aliphatic heterocycles. The molecule has 0 N–H and O–H groups in total. The number of rotatable bonds is 5. The second-order valence-electron chi connectivity index (χ2n) is 5.36. The molecule has 0 aliphatic rings. The number of nitrogens with zero attached hydrogens (tertiary/aromatic N) is 3. The monoisotopic (exact) mass is 385 g/mol. The van der Waals surface area contributed by atoms with Crippen LogP contribution in [0.4, 0.5) is 0 Å². The van der Waals surface area contributed by atoms with Crippen molar-refractivity contribution in [3.8, 4) is 10.4 Å². The molecular weight excluding hydrogens is 370 g/mol. The van der Waals surface area contributed by atoms with Crippen molar-refractivity contribution in [2.75, 3.05) is 0 Å². The van der Waals surface area contributed by atoms with Crippen molar-refractivity contribution in [2.45, 2.75) is 24.4 Å². The molecule has 4 aromatic heterocycles.